The van der Waals surface area contributed by atoms with Crippen molar-refractivity contribution in [2.24, 2.45) is 11.8 Å². The minimum atomic E-state index is 0.727. The van der Waals surface area contributed by atoms with Gasteiger partial charge in [0.2, 0.25) is 0 Å². The van der Waals surface area contributed by atoms with E-state index in [1.807, 2.05) is 0 Å². The standard InChI is InChI=1S/C16H33N/c1-4-6-7-8-14(3)17-13-16-11-9-15(5-2)10-12-16/h14-17H,4-13H2,1-3H3. The van der Waals surface area contributed by atoms with Crippen molar-refractivity contribution in [3.63, 3.8) is 0 Å². The normalized spacial score (nSPS) is 27.0. The number of rotatable bonds is 8. The predicted molar refractivity (Wildman–Crippen MR) is 77.3 cm³/mol. The van der Waals surface area contributed by atoms with Gasteiger partial charge in [-0.05, 0) is 44.6 Å². The van der Waals surface area contributed by atoms with Crippen molar-refractivity contribution in [3.8, 4) is 0 Å². The Morgan fingerprint density at radius 3 is 2.24 bits per heavy atom. The summed E-state index contributed by atoms with van der Waals surface area (Å²) in [6.45, 7) is 8.25. The van der Waals surface area contributed by atoms with Crippen LogP contribution >= 0.6 is 0 Å². The fourth-order valence-electron chi connectivity index (χ4n) is 3.01. The zero-order valence-corrected chi connectivity index (χ0v) is 12.3. The second kappa shape index (κ2) is 8.97. The SMILES string of the molecule is CCCCCC(C)NCC1CCC(CC)CC1. The van der Waals surface area contributed by atoms with Crippen LogP contribution in [0.1, 0.15) is 78.6 Å². The Morgan fingerprint density at radius 1 is 1.00 bits per heavy atom. The fourth-order valence-corrected chi connectivity index (χ4v) is 3.01. The maximum Gasteiger partial charge on any atom is 0.00388 e. The number of hydrogen-bond acceptors (Lipinski definition) is 1. The summed E-state index contributed by atoms with van der Waals surface area (Å²) in [5.41, 5.74) is 0. The van der Waals surface area contributed by atoms with E-state index in [-0.39, 0.29) is 0 Å². The molecule has 0 amide bonds. The lowest BCUT2D eigenvalue weighted by Gasteiger charge is -2.29. The average Bonchev–Trinajstić information content (AvgIpc) is 2.37. The van der Waals surface area contributed by atoms with Crippen LogP contribution in [0.2, 0.25) is 0 Å². The second-order valence-corrected chi connectivity index (χ2v) is 6.10. The highest BCUT2D eigenvalue weighted by Gasteiger charge is 2.19. The summed E-state index contributed by atoms with van der Waals surface area (Å²) < 4.78 is 0. The molecule has 1 heteroatoms. The van der Waals surface area contributed by atoms with Crippen LogP contribution in [0.3, 0.4) is 0 Å². The Bertz CT molecular complexity index is 170. The molecule has 1 aliphatic rings. The summed E-state index contributed by atoms with van der Waals surface area (Å²) in [7, 11) is 0. The maximum atomic E-state index is 3.74. The monoisotopic (exact) mass is 239 g/mol. The Labute approximate surface area is 109 Å². The van der Waals surface area contributed by atoms with Crippen LogP contribution in [-0.4, -0.2) is 12.6 Å². The first kappa shape index (κ1) is 15.0. The molecule has 0 aromatic carbocycles. The molecule has 0 aliphatic heterocycles. The highest BCUT2D eigenvalue weighted by molar-refractivity contribution is 4.74. The second-order valence-electron chi connectivity index (χ2n) is 6.10. The highest BCUT2D eigenvalue weighted by atomic mass is 14.9. The fraction of sp³-hybridized carbons (Fsp3) is 1.00. The average molecular weight is 239 g/mol. The zero-order valence-electron chi connectivity index (χ0n) is 12.3. The summed E-state index contributed by atoms with van der Waals surface area (Å²) in [5.74, 6) is 2.00. The summed E-state index contributed by atoms with van der Waals surface area (Å²) in [6, 6.07) is 0.727. The molecule has 0 aromatic heterocycles. The lowest BCUT2D eigenvalue weighted by molar-refractivity contribution is 0.256. The summed E-state index contributed by atoms with van der Waals surface area (Å²) in [6.07, 6.45) is 12.8. The predicted octanol–water partition coefficient (Wildman–Crippen LogP) is 4.76. The van der Waals surface area contributed by atoms with Crippen molar-refractivity contribution in [1.82, 2.24) is 5.32 Å². The van der Waals surface area contributed by atoms with Crippen molar-refractivity contribution in [2.75, 3.05) is 6.54 Å². The smallest absolute Gasteiger partial charge is 0.00388 e. The molecule has 0 aromatic rings. The van der Waals surface area contributed by atoms with Crippen molar-refractivity contribution in [2.45, 2.75) is 84.6 Å². The largest absolute Gasteiger partial charge is 0.314 e. The van der Waals surface area contributed by atoms with E-state index < -0.39 is 0 Å². The molecule has 17 heavy (non-hydrogen) atoms. The van der Waals surface area contributed by atoms with Crippen LogP contribution in [-0.2, 0) is 0 Å². The van der Waals surface area contributed by atoms with Gasteiger partial charge in [0.1, 0.15) is 0 Å². The number of nitrogens with one attached hydrogen (secondary N) is 1. The molecule has 0 radical (unpaired) electrons. The molecule has 1 rings (SSSR count). The van der Waals surface area contributed by atoms with Crippen LogP contribution in [0, 0.1) is 11.8 Å². The van der Waals surface area contributed by atoms with Gasteiger partial charge in [-0.3, -0.25) is 0 Å². The van der Waals surface area contributed by atoms with Gasteiger partial charge in [0.15, 0.2) is 0 Å². The molecule has 1 nitrogen and oxygen atoms in total. The van der Waals surface area contributed by atoms with Gasteiger partial charge in [0.05, 0.1) is 0 Å². The topological polar surface area (TPSA) is 12.0 Å². The Hall–Kier alpha value is -0.0400. The molecule has 1 unspecified atom stereocenters. The molecule has 1 N–H and O–H groups in total. The van der Waals surface area contributed by atoms with E-state index in [4.69, 9.17) is 0 Å². The van der Waals surface area contributed by atoms with E-state index in [9.17, 15) is 0 Å². The molecule has 0 spiro atoms. The third-order valence-corrected chi connectivity index (χ3v) is 4.54. The lowest BCUT2D eigenvalue weighted by Crippen LogP contribution is -2.32. The third kappa shape index (κ3) is 6.45. The molecule has 0 heterocycles. The molecule has 0 saturated heterocycles. The molecule has 1 aliphatic carbocycles. The van der Waals surface area contributed by atoms with Crippen molar-refractivity contribution >= 4 is 0 Å². The van der Waals surface area contributed by atoms with E-state index in [2.05, 4.69) is 26.1 Å². The first-order chi connectivity index (χ1) is 8.26. The Balaban J connectivity index is 2.02. The van der Waals surface area contributed by atoms with Gasteiger partial charge in [0.25, 0.3) is 0 Å². The molecule has 102 valence electrons. The third-order valence-electron chi connectivity index (χ3n) is 4.54. The lowest BCUT2D eigenvalue weighted by atomic mass is 9.81. The van der Waals surface area contributed by atoms with Gasteiger partial charge in [-0.15, -0.1) is 0 Å². The summed E-state index contributed by atoms with van der Waals surface area (Å²) >= 11 is 0. The summed E-state index contributed by atoms with van der Waals surface area (Å²) in [5, 5.41) is 3.74. The van der Waals surface area contributed by atoms with Crippen LogP contribution < -0.4 is 5.32 Å². The minimum Gasteiger partial charge on any atom is -0.314 e. The van der Waals surface area contributed by atoms with Crippen LogP contribution in [0.25, 0.3) is 0 Å². The first-order valence-electron chi connectivity index (χ1n) is 7.99. The van der Waals surface area contributed by atoms with Gasteiger partial charge in [-0.1, -0.05) is 52.4 Å². The van der Waals surface area contributed by atoms with Gasteiger partial charge in [-0.25, -0.2) is 0 Å². The quantitative estimate of drug-likeness (QED) is 0.602. The van der Waals surface area contributed by atoms with Crippen LogP contribution in [0.15, 0.2) is 0 Å². The molecule has 0 bridgehead atoms. The molecule has 1 fully saturated rings. The maximum absolute atomic E-state index is 3.74. The first-order valence-corrected chi connectivity index (χ1v) is 7.99. The van der Waals surface area contributed by atoms with Crippen LogP contribution in [0.5, 0.6) is 0 Å². The highest BCUT2D eigenvalue weighted by Crippen LogP contribution is 2.30. The zero-order chi connectivity index (χ0) is 12.5. The minimum absolute atomic E-state index is 0.727. The van der Waals surface area contributed by atoms with E-state index >= 15 is 0 Å². The Morgan fingerprint density at radius 2 is 1.65 bits per heavy atom. The Kier molecular flexibility index (Phi) is 7.92. The van der Waals surface area contributed by atoms with Crippen molar-refractivity contribution < 1.29 is 0 Å². The molecule has 1 atom stereocenters. The van der Waals surface area contributed by atoms with E-state index in [0.29, 0.717) is 0 Å². The molecule has 1 saturated carbocycles. The molecular formula is C16H33N. The summed E-state index contributed by atoms with van der Waals surface area (Å²) in [4.78, 5) is 0. The van der Waals surface area contributed by atoms with Gasteiger partial charge in [-0.2, -0.15) is 0 Å². The van der Waals surface area contributed by atoms with Crippen molar-refractivity contribution in [1.29, 1.82) is 0 Å². The van der Waals surface area contributed by atoms with Crippen LogP contribution in [0.4, 0.5) is 0 Å². The van der Waals surface area contributed by atoms with Gasteiger partial charge >= 0.3 is 0 Å². The van der Waals surface area contributed by atoms with E-state index in [1.54, 1.807) is 0 Å². The van der Waals surface area contributed by atoms with Crippen molar-refractivity contribution in [3.05, 3.63) is 0 Å². The number of unbranched alkanes of at least 4 members (excludes halogenated alkanes) is 2. The van der Waals surface area contributed by atoms with E-state index in [1.165, 1.54) is 64.3 Å². The van der Waals surface area contributed by atoms with E-state index in [0.717, 1.165) is 17.9 Å². The van der Waals surface area contributed by atoms with Gasteiger partial charge < -0.3 is 5.32 Å². The van der Waals surface area contributed by atoms with Gasteiger partial charge in [0, 0.05) is 6.04 Å². The molecular weight excluding hydrogens is 206 g/mol. The number of hydrogen-bond donors (Lipinski definition) is 1.